The molecular weight excluding hydrogens is 245 g/mol. The third-order valence-electron chi connectivity index (χ3n) is 1.96. The molecule has 1 aromatic carbocycles. The van der Waals surface area contributed by atoms with Crippen LogP contribution >= 0.6 is 11.6 Å². The minimum Gasteiger partial charge on any atom is -0.437 e. The molecule has 1 N–H and O–H groups in total. The summed E-state index contributed by atoms with van der Waals surface area (Å²) in [6.45, 7) is 0. The van der Waals surface area contributed by atoms with Gasteiger partial charge in [-0.15, -0.1) is 0 Å². The Hall–Kier alpha value is -1.88. The van der Waals surface area contributed by atoms with Gasteiger partial charge >= 0.3 is 0 Å². The predicted molar refractivity (Wildman–Crippen MR) is 63.1 cm³/mol. The van der Waals surface area contributed by atoms with Crippen molar-refractivity contribution in [2.75, 3.05) is 12.4 Å². The highest BCUT2D eigenvalue weighted by Gasteiger charge is 2.06. The molecule has 1 heterocycles. The SMILES string of the molecule is CNc1nccc(Oc2ccc(F)cc2Cl)n1. The second-order valence-electron chi connectivity index (χ2n) is 3.15. The van der Waals surface area contributed by atoms with Gasteiger partial charge in [0.15, 0.2) is 0 Å². The van der Waals surface area contributed by atoms with Gasteiger partial charge in [-0.05, 0) is 18.2 Å². The summed E-state index contributed by atoms with van der Waals surface area (Å²) in [7, 11) is 1.70. The minimum atomic E-state index is -0.416. The van der Waals surface area contributed by atoms with Gasteiger partial charge in [-0.3, -0.25) is 0 Å². The lowest BCUT2D eigenvalue weighted by Gasteiger charge is -2.07. The summed E-state index contributed by atoms with van der Waals surface area (Å²) >= 11 is 5.83. The second-order valence-corrected chi connectivity index (χ2v) is 3.55. The van der Waals surface area contributed by atoms with E-state index in [1.807, 2.05) is 0 Å². The lowest BCUT2D eigenvalue weighted by molar-refractivity contribution is 0.461. The molecule has 0 bridgehead atoms. The van der Waals surface area contributed by atoms with Gasteiger partial charge in [0.1, 0.15) is 11.6 Å². The maximum atomic E-state index is 12.8. The molecule has 0 amide bonds. The van der Waals surface area contributed by atoms with Gasteiger partial charge in [-0.2, -0.15) is 4.98 Å². The molecule has 0 spiro atoms. The maximum absolute atomic E-state index is 12.8. The largest absolute Gasteiger partial charge is 0.437 e. The Morgan fingerprint density at radius 3 is 2.88 bits per heavy atom. The van der Waals surface area contributed by atoms with Crippen molar-refractivity contribution in [1.82, 2.24) is 9.97 Å². The number of hydrogen-bond donors (Lipinski definition) is 1. The fourth-order valence-corrected chi connectivity index (χ4v) is 1.40. The minimum absolute atomic E-state index is 0.189. The van der Waals surface area contributed by atoms with Crippen LogP contribution in [0.3, 0.4) is 0 Å². The third-order valence-corrected chi connectivity index (χ3v) is 2.26. The first-order valence-electron chi connectivity index (χ1n) is 4.83. The highest BCUT2D eigenvalue weighted by atomic mass is 35.5. The number of halogens is 2. The van der Waals surface area contributed by atoms with Crippen molar-refractivity contribution in [2.45, 2.75) is 0 Å². The lowest BCUT2D eigenvalue weighted by Crippen LogP contribution is -1.97. The zero-order valence-electron chi connectivity index (χ0n) is 8.95. The van der Waals surface area contributed by atoms with E-state index in [1.54, 1.807) is 19.3 Å². The summed E-state index contributed by atoms with van der Waals surface area (Å²) in [6, 6.07) is 5.47. The quantitative estimate of drug-likeness (QED) is 0.913. The van der Waals surface area contributed by atoms with E-state index >= 15 is 0 Å². The molecule has 0 aliphatic carbocycles. The standard InChI is InChI=1S/C11H9ClFN3O/c1-14-11-15-5-4-10(16-11)17-9-3-2-7(13)6-8(9)12/h2-6H,1H3,(H,14,15,16). The van der Waals surface area contributed by atoms with Crippen LogP contribution in [0.5, 0.6) is 11.6 Å². The van der Waals surface area contributed by atoms with Gasteiger partial charge in [-0.1, -0.05) is 11.6 Å². The molecule has 0 saturated heterocycles. The van der Waals surface area contributed by atoms with Crippen molar-refractivity contribution in [3.63, 3.8) is 0 Å². The molecule has 2 rings (SSSR count). The van der Waals surface area contributed by atoms with Crippen molar-refractivity contribution < 1.29 is 9.13 Å². The fraction of sp³-hybridized carbons (Fsp3) is 0.0909. The summed E-state index contributed by atoms with van der Waals surface area (Å²) < 4.78 is 18.2. The highest BCUT2D eigenvalue weighted by Crippen LogP contribution is 2.28. The van der Waals surface area contributed by atoms with Gasteiger partial charge in [-0.25, -0.2) is 9.37 Å². The molecule has 2 aromatic rings. The van der Waals surface area contributed by atoms with E-state index in [2.05, 4.69) is 15.3 Å². The van der Waals surface area contributed by atoms with Crippen LogP contribution in [-0.4, -0.2) is 17.0 Å². The van der Waals surface area contributed by atoms with Crippen LogP contribution in [0, 0.1) is 5.82 Å². The zero-order chi connectivity index (χ0) is 12.3. The number of anilines is 1. The average molecular weight is 254 g/mol. The summed E-state index contributed by atoms with van der Waals surface area (Å²) in [6.07, 6.45) is 1.55. The maximum Gasteiger partial charge on any atom is 0.225 e. The predicted octanol–water partition coefficient (Wildman–Crippen LogP) is 3.10. The molecule has 1 aromatic heterocycles. The van der Waals surface area contributed by atoms with Crippen molar-refractivity contribution in [3.8, 4) is 11.6 Å². The first-order chi connectivity index (χ1) is 8.19. The lowest BCUT2D eigenvalue weighted by atomic mass is 10.3. The molecule has 0 fully saturated rings. The average Bonchev–Trinajstić information content (AvgIpc) is 2.33. The van der Waals surface area contributed by atoms with Crippen LogP contribution in [0.25, 0.3) is 0 Å². The highest BCUT2D eigenvalue weighted by molar-refractivity contribution is 6.32. The normalized spacial score (nSPS) is 10.1. The number of nitrogens with zero attached hydrogens (tertiary/aromatic N) is 2. The molecule has 17 heavy (non-hydrogen) atoms. The number of ether oxygens (including phenoxy) is 1. The summed E-state index contributed by atoms with van der Waals surface area (Å²) in [5.41, 5.74) is 0. The van der Waals surface area contributed by atoms with Gasteiger partial charge < -0.3 is 10.1 Å². The van der Waals surface area contributed by atoms with Crippen LogP contribution in [0.1, 0.15) is 0 Å². The van der Waals surface area contributed by atoms with E-state index in [-0.39, 0.29) is 5.02 Å². The van der Waals surface area contributed by atoms with Crippen molar-refractivity contribution >= 4 is 17.5 Å². The van der Waals surface area contributed by atoms with Gasteiger partial charge in [0.05, 0.1) is 5.02 Å². The van der Waals surface area contributed by atoms with E-state index < -0.39 is 5.82 Å². The summed E-state index contributed by atoms with van der Waals surface area (Å²) in [5, 5.41) is 2.97. The molecule has 0 aliphatic heterocycles. The van der Waals surface area contributed by atoms with Crippen LogP contribution in [0.4, 0.5) is 10.3 Å². The molecular formula is C11H9ClFN3O. The Balaban J connectivity index is 2.25. The summed E-state index contributed by atoms with van der Waals surface area (Å²) in [4.78, 5) is 7.99. The van der Waals surface area contributed by atoms with Crippen molar-refractivity contribution in [2.24, 2.45) is 0 Å². The number of nitrogens with one attached hydrogen (secondary N) is 1. The molecule has 0 atom stereocenters. The molecule has 0 unspecified atom stereocenters. The van der Waals surface area contributed by atoms with Crippen molar-refractivity contribution in [3.05, 3.63) is 41.3 Å². The van der Waals surface area contributed by atoms with Gasteiger partial charge in [0, 0.05) is 19.3 Å². The van der Waals surface area contributed by atoms with E-state index in [0.717, 1.165) is 0 Å². The Morgan fingerprint density at radius 2 is 2.18 bits per heavy atom. The molecule has 88 valence electrons. The fourth-order valence-electron chi connectivity index (χ4n) is 1.19. The molecule has 0 saturated carbocycles. The smallest absolute Gasteiger partial charge is 0.225 e. The second kappa shape index (κ2) is 4.97. The Labute approximate surface area is 102 Å². The number of benzene rings is 1. The Bertz CT molecular complexity index is 536. The molecule has 4 nitrogen and oxygen atoms in total. The van der Waals surface area contributed by atoms with E-state index in [9.17, 15) is 4.39 Å². The van der Waals surface area contributed by atoms with Gasteiger partial charge in [0.25, 0.3) is 0 Å². The molecule has 0 radical (unpaired) electrons. The van der Waals surface area contributed by atoms with Crippen LogP contribution in [0.15, 0.2) is 30.5 Å². The molecule has 6 heteroatoms. The third kappa shape index (κ3) is 2.82. The number of hydrogen-bond acceptors (Lipinski definition) is 4. The zero-order valence-corrected chi connectivity index (χ0v) is 9.70. The number of aromatic nitrogens is 2. The first kappa shape index (κ1) is 11.6. The van der Waals surface area contributed by atoms with E-state index in [1.165, 1.54) is 18.2 Å². The topological polar surface area (TPSA) is 47.0 Å². The first-order valence-corrected chi connectivity index (χ1v) is 5.20. The molecule has 0 aliphatic rings. The van der Waals surface area contributed by atoms with Gasteiger partial charge in [0.2, 0.25) is 11.8 Å². The number of rotatable bonds is 3. The van der Waals surface area contributed by atoms with Crippen molar-refractivity contribution in [1.29, 1.82) is 0 Å². The van der Waals surface area contributed by atoms with Crippen LogP contribution in [-0.2, 0) is 0 Å². The van der Waals surface area contributed by atoms with E-state index in [4.69, 9.17) is 16.3 Å². The van der Waals surface area contributed by atoms with Crippen LogP contribution in [0.2, 0.25) is 5.02 Å². The summed E-state index contributed by atoms with van der Waals surface area (Å²) in [5.74, 6) is 0.688. The Kier molecular flexibility index (Phi) is 3.39. The van der Waals surface area contributed by atoms with Crippen LogP contribution < -0.4 is 10.1 Å². The Morgan fingerprint density at radius 1 is 1.35 bits per heavy atom. The van der Waals surface area contributed by atoms with E-state index in [0.29, 0.717) is 17.6 Å². The monoisotopic (exact) mass is 253 g/mol.